The molecule has 0 aromatic carbocycles. The van der Waals surface area contributed by atoms with Gasteiger partial charge in [-0.3, -0.25) is 9.59 Å². The third kappa shape index (κ3) is 5.16. The predicted molar refractivity (Wildman–Crippen MR) is 68.7 cm³/mol. The molecule has 0 aromatic rings. The van der Waals surface area contributed by atoms with Crippen LogP contribution in [0.1, 0.15) is 46.5 Å². The highest BCUT2D eigenvalue weighted by Gasteiger charge is 2.20. The van der Waals surface area contributed by atoms with Crippen molar-refractivity contribution in [2.75, 3.05) is 13.1 Å². The molecule has 0 radical (unpaired) electrons. The molecule has 0 bridgehead atoms. The summed E-state index contributed by atoms with van der Waals surface area (Å²) >= 11 is 0. The van der Waals surface area contributed by atoms with Gasteiger partial charge in [0.2, 0.25) is 5.91 Å². The van der Waals surface area contributed by atoms with E-state index in [0.717, 1.165) is 37.4 Å². The maximum Gasteiger partial charge on any atom is 0.223 e. The van der Waals surface area contributed by atoms with E-state index in [0.29, 0.717) is 12.8 Å². The van der Waals surface area contributed by atoms with Crippen molar-refractivity contribution in [3.63, 3.8) is 0 Å². The standard InChI is InChI=1S/C14H23NO2/c1-11(2)10-13(16)4-5-14(17)15-8-6-12(3)7-9-15/h10,12H,4-9H2,1-3H3. The van der Waals surface area contributed by atoms with Crippen LogP contribution in [-0.4, -0.2) is 29.7 Å². The van der Waals surface area contributed by atoms with Crippen LogP contribution in [0.4, 0.5) is 0 Å². The zero-order valence-electron chi connectivity index (χ0n) is 11.2. The Morgan fingerprint density at radius 2 is 1.76 bits per heavy atom. The molecule has 0 aromatic heterocycles. The first-order chi connectivity index (χ1) is 7.99. The van der Waals surface area contributed by atoms with Crippen molar-refractivity contribution >= 4 is 11.7 Å². The van der Waals surface area contributed by atoms with Gasteiger partial charge in [0, 0.05) is 25.9 Å². The first-order valence-electron chi connectivity index (χ1n) is 6.44. The van der Waals surface area contributed by atoms with E-state index in [-0.39, 0.29) is 11.7 Å². The van der Waals surface area contributed by atoms with Gasteiger partial charge in [0.05, 0.1) is 0 Å². The van der Waals surface area contributed by atoms with Gasteiger partial charge >= 0.3 is 0 Å². The van der Waals surface area contributed by atoms with Crippen LogP contribution in [0.15, 0.2) is 11.6 Å². The summed E-state index contributed by atoms with van der Waals surface area (Å²) in [5, 5.41) is 0. The topological polar surface area (TPSA) is 37.4 Å². The van der Waals surface area contributed by atoms with Crippen molar-refractivity contribution in [2.45, 2.75) is 46.5 Å². The van der Waals surface area contributed by atoms with E-state index in [9.17, 15) is 9.59 Å². The van der Waals surface area contributed by atoms with Crippen LogP contribution in [0.3, 0.4) is 0 Å². The summed E-state index contributed by atoms with van der Waals surface area (Å²) in [7, 11) is 0. The van der Waals surface area contributed by atoms with Gasteiger partial charge < -0.3 is 4.90 Å². The molecule has 0 N–H and O–H groups in total. The number of ketones is 1. The number of carbonyl (C=O) groups excluding carboxylic acids is 2. The summed E-state index contributed by atoms with van der Waals surface area (Å²) in [4.78, 5) is 25.2. The van der Waals surface area contributed by atoms with E-state index in [1.807, 2.05) is 18.7 Å². The zero-order chi connectivity index (χ0) is 12.8. The number of allylic oxidation sites excluding steroid dienone is 2. The summed E-state index contributed by atoms with van der Waals surface area (Å²) in [6.45, 7) is 7.73. The first-order valence-corrected chi connectivity index (χ1v) is 6.44. The Labute approximate surface area is 104 Å². The van der Waals surface area contributed by atoms with Crippen molar-refractivity contribution in [1.82, 2.24) is 4.90 Å². The first kappa shape index (κ1) is 13.9. The second-order valence-corrected chi connectivity index (χ2v) is 5.25. The van der Waals surface area contributed by atoms with Crippen LogP contribution in [0.2, 0.25) is 0 Å². The fraction of sp³-hybridized carbons (Fsp3) is 0.714. The molecule has 1 fully saturated rings. The third-order valence-electron chi connectivity index (χ3n) is 3.17. The molecule has 1 aliphatic heterocycles. The minimum Gasteiger partial charge on any atom is -0.343 e. The Morgan fingerprint density at radius 3 is 2.29 bits per heavy atom. The molecule has 0 spiro atoms. The third-order valence-corrected chi connectivity index (χ3v) is 3.17. The van der Waals surface area contributed by atoms with Gasteiger partial charge in [-0.15, -0.1) is 0 Å². The molecule has 96 valence electrons. The van der Waals surface area contributed by atoms with Crippen molar-refractivity contribution < 1.29 is 9.59 Å². The zero-order valence-corrected chi connectivity index (χ0v) is 11.2. The van der Waals surface area contributed by atoms with Crippen molar-refractivity contribution in [3.05, 3.63) is 11.6 Å². The van der Waals surface area contributed by atoms with Crippen LogP contribution in [0.5, 0.6) is 0 Å². The maximum atomic E-state index is 11.8. The summed E-state index contributed by atoms with van der Waals surface area (Å²) in [6, 6.07) is 0. The van der Waals surface area contributed by atoms with Gasteiger partial charge in [0.1, 0.15) is 0 Å². The molecule has 1 aliphatic rings. The number of amides is 1. The Morgan fingerprint density at radius 1 is 1.18 bits per heavy atom. The van der Waals surface area contributed by atoms with Gasteiger partial charge in [-0.1, -0.05) is 12.5 Å². The van der Waals surface area contributed by atoms with E-state index >= 15 is 0 Å². The van der Waals surface area contributed by atoms with Crippen LogP contribution >= 0.6 is 0 Å². The molecular weight excluding hydrogens is 214 g/mol. The van der Waals surface area contributed by atoms with E-state index < -0.39 is 0 Å². The highest BCUT2D eigenvalue weighted by molar-refractivity contribution is 5.92. The number of carbonyl (C=O) groups is 2. The summed E-state index contributed by atoms with van der Waals surface area (Å²) < 4.78 is 0. The fourth-order valence-electron chi connectivity index (χ4n) is 2.04. The number of hydrogen-bond donors (Lipinski definition) is 0. The molecule has 1 saturated heterocycles. The summed E-state index contributed by atoms with van der Waals surface area (Å²) in [6.07, 6.45) is 4.50. The molecular formula is C14H23NO2. The van der Waals surface area contributed by atoms with Gasteiger partial charge in [0.15, 0.2) is 5.78 Å². The molecule has 3 nitrogen and oxygen atoms in total. The Balaban J connectivity index is 2.30. The van der Waals surface area contributed by atoms with E-state index in [2.05, 4.69) is 6.92 Å². The number of hydrogen-bond acceptors (Lipinski definition) is 2. The molecule has 1 rings (SSSR count). The molecule has 0 unspecified atom stereocenters. The molecule has 1 heterocycles. The lowest BCUT2D eigenvalue weighted by molar-refractivity contribution is -0.133. The lowest BCUT2D eigenvalue weighted by Crippen LogP contribution is -2.37. The van der Waals surface area contributed by atoms with Crippen molar-refractivity contribution in [3.8, 4) is 0 Å². The second kappa shape index (κ2) is 6.58. The molecule has 17 heavy (non-hydrogen) atoms. The lowest BCUT2D eigenvalue weighted by Gasteiger charge is -2.30. The molecule has 3 heteroatoms. The molecule has 0 saturated carbocycles. The minimum absolute atomic E-state index is 0.0590. The maximum absolute atomic E-state index is 11.8. The monoisotopic (exact) mass is 237 g/mol. The highest BCUT2D eigenvalue weighted by Crippen LogP contribution is 2.16. The number of likely N-dealkylation sites (tertiary alicyclic amines) is 1. The Hall–Kier alpha value is -1.12. The van der Waals surface area contributed by atoms with Gasteiger partial charge in [-0.05, 0) is 38.7 Å². The smallest absolute Gasteiger partial charge is 0.223 e. The van der Waals surface area contributed by atoms with Crippen molar-refractivity contribution in [2.24, 2.45) is 5.92 Å². The SMILES string of the molecule is CC(C)=CC(=O)CCC(=O)N1CCC(C)CC1. The Kier molecular flexibility index (Phi) is 5.39. The van der Waals surface area contributed by atoms with Crippen LogP contribution in [0.25, 0.3) is 0 Å². The van der Waals surface area contributed by atoms with Crippen LogP contribution in [0, 0.1) is 5.92 Å². The lowest BCUT2D eigenvalue weighted by atomic mass is 9.99. The summed E-state index contributed by atoms with van der Waals surface area (Å²) in [5.74, 6) is 0.919. The predicted octanol–water partition coefficient (Wildman–Crippen LogP) is 2.56. The molecule has 0 aliphatic carbocycles. The number of nitrogens with zero attached hydrogens (tertiary/aromatic N) is 1. The van der Waals surface area contributed by atoms with Gasteiger partial charge in [-0.2, -0.15) is 0 Å². The average Bonchev–Trinajstić information content (AvgIpc) is 2.26. The minimum atomic E-state index is 0.0590. The van der Waals surface area contributed by atoms with E-state index in [1.165, 1.54) is 0 Å². The van der Waals surface area contributed by atoms with Crippen LogP contribution in [-0.2, 0) is 9.59 Å². The summed E-state index contributed by atoms with van der Waals surface area (Å²) in [5.41, 5.74) is 0.995. The highest BCUT2D eigenvalue weighted by atomic mass is 16.2. The largest absolute Gasteiger partial charge is 0.343 e. The second-order valence-electron chi connectivity index (χ2n) is 5.25. The number of rotatable bonds is 4. The fourth-order valence-corrected chi connectivity index (χ4v) is 2.04. The number of piperidine rings is 1. The van der Waals surface area contributed by atoms with E-state index in [1.54, 1.807) is 6.08 Å². The molecule has 0 atom stereocenters. The average molecular weight is 237 g/mol. The van der Waals surface area contributed by atoms with Crippen molar-refractivity contribution in [1.29, 1.82) is 0 Å². The quantitative estimate of drug-likeness (QED) is 0.705. The van der Waals surface area contributed by atoms with Gasteiger partial charge in [-0.25, -0.2) is 0 Å². The molecule has 1 amide bonds. The normalized spacial score (nSPS) is 16.8. The van der Waals surface area contributed by atoms with Gasteiger partial charge in [0.25, 0.3) is 0 Å². The Bertz CT molecular complexity index is 308. The van der Waals surface area contributed by atoms with E-state index in [4.69, 9.17) is 0 Å². The van der Waals surface area contributed by atoms with Crippen LogP contribution < -0.4 is 0 Å².